The number of hydrazone groups is 1. The lowest BCUT2D eigenvalue weighted by Crippen LogP contribution is -2.34. The smallest absolute Gasteiger partial charge is 0.259 e. The van der Waals surface area contributed by atoms with Crippen LogP contribution in [-0.2, 0) is 4.79 Å². The Kier molecular flexibility index (Phi) is 6.35. The number of aryl methyl sites for hydroxylation is 1. The summed E-state index contributed by atoms with van der Waals surface area (Å²) in [5, 5.41) is 7.14. The van der Waals surface area contributed by atoms with Crippen molar-refractivity contribution in [2.45, 2.75) is 6.92 Å². The lowest BCUT2D eigenvalue weighted by molar-refractivity contribution is -0.120. The number of hydrogen-bond donors (Lipinski definition) is 2. The molecule has 2 aromatic carbocycles. The molecule has 0 spiro atoms. The number of nitrogens with one attached hydrogen (secondary N) is 2. The van der Waals surface area contributed by atoms with Crippen molar-refractivity contribution in [1.82, 2.24) is 10.7 Å². The monoisotopic (exact) mass is 363 g/mol. The van der Waals surface area contributed by atoms with Crippen LogP contribution in [0.25, 0.3) is 0 Å². The Hall–Kier alpha value is -2.37. The minimum atomic E-state index is -0.463. The SMILES string of the molecule is Cc1ccc(C(=O)NCC(=O)N/N=C\c2c(Cl)cccc2Cl)cc1. The van der Waals surface area contributed by atoms with Crippen LogP contribution >= 0.6 is 23.2 Å². The standard InChI is InChI=1S/C17H15Cl2N3O2/c1-11-5-7-12(8-6-11)17(24)20-10-16(23)22-21-9-13-14(18)3-2-4-15(13)19/h2-9H,10H2,1H3,(H,20,24)(H,22,23)/b21-9-. The van der Waals surface area contributed by atoms with Gasteiger partial charge in [0.15, 0.2) is 0 Å². The van der Waals surface area contributed by atoms with Gasteiger partial charge in [-0.05, 0) is 31.2 Å². The van der Waals surface area contributed by atoms with Gasteiger partial charge in [0.25, 0.3) is 11.8 Å². The maximum Gasteiger partial charge on any atom is 0.259 e. The van der Waals surface area contributed by atoms with Gasteiger partial charge in [0.1, 0.15) is 0 Å². The van der Waals surface area contributed by atoms with Gasteiger partial charge in [0, 0.05) is 11.1 Å². The van der Waals surface area contributed by atoms with E-state index in [-0.39, 0.29) is 12.5 Å². The van der Waals surface area contributed by atoms with Crippen LogP contribution in [0.2, 0.25) is 10.0 Å². The van der Waals surface area contributed by atoms with Crippen molar-refractivity contribution in [3.8, 4) is 0 Å². The lowest BCUT2D eigenvalue weighted by atomic mass is 10.1. The first-order valence-corrected chi connectivity index (χ1v) is 7.84. The number of hydrogen-bond acceptors (Lipinski definition) is 3. The van der Waals surface area contributed by atoms with Crippen LogP contribution in [0.4, 0.5) is 0 Å². The molecule has 0 unspecified atom stereocenters. The Balaban J connectivity index is 1.84. The van der Waals surface area contributed by atoms with Crippen LogP contribution < -0.4 is 10.7 Å². The first-order valence-electron chi connectivity index (χ1n) is 7.08. The molecule has 0 heterocycles. The Morgan fingerprint density at radius 2 is 1.71 bits per heavy atom. The zero-order valence-electron chi connectivity index (χ0n) is 12.8. The second kappa shape index (κ2) is 8.47. The largest absolute Gasteiger partial charge is 0.343 e. The average molecular weight is 364 g/mol. The number of nitrogens with zero attached hydrogens (tertiary/aromatic N) is 1. The summed E-state index contributed by atoms with van der Waals surface area (Å²) in [6.07, 6.45) is 1.35. The molecule has 2 rings (SSSR count). The zero-order valence-corrected chi connectivity index (χ0v) is 14.4. The number of carbonyl (C=O) groups excluding carboxylic acids is 2. The molecule has 0 fully saturated rings. The summed E-state index contributed by atoms with van der Waals surface area (Å²) in [5.41, 5.74) is 4.34. The predicted molar refractivity (Wildman–Crippen MR) is 95.7 cm³/mol. The second-order valence-corrected chi connectivity index (χ2v) is 5.79. The van der Waals surface area contributed by atoms with E-state index in [0.717, 1.165) is 5.56 Å². The summed E-state index contributed by atoms with van der Waals surface area (Å²) in [4.78, 5) is 23.6. The highest BCUT2D eigenvalue weighted by atomic mass is 35.5. The molecule has 0 saturated heterocycles. The highest BCUT2D eigenvalue weighted by Gasteiger charge is 2.07. The molecule has 0 aromatic heterocycles. The fourth-order valence-corrected chi connectivity index (χ4v) is 2.30. The van der Waals surface area contributed by atoms with Crippen molar-refractivity contribution in [3.63, 3.8) is 0 Å². The van der Waals surface area contributed by atoms with Crippen LogP contribution in [0.1, 0.15) is 21.5 Å². The second-order valence-electron chi connectivity index (χ2n) is 4.98. The van der Waals surface area contributed by atoms with Crippen LogP contribution in [0, 0.1) is 6.92 Å². The van der Waals surface area contributed by atoms with Crippen molar-refractivity contribution in [2.75, 3.05) is 6.54 Å². The van der Waals surface area contributed by atoms with Crippen LogP contribution in [-0.4, -0.2) is 24.6 Å². The summed E-state index contributed by atoms with van der Waals surface area (Å²) in [6.45, 7) is 1.73. The van der Waals surface area contributed by atoms with Gasteiger partial charge in [0.05, 0.1) is 22.8 Å². The van der Waals surface area contributed by atoms with E-state index in [1.54, 1.807) is 30.3 Å². The number of rotatable bonds is 5. The molecule has 2 amide bonds. The molecule has 0 atom stereocenters. The van der Waals surface area contributed by atoms with E-state index in [4.69, 9.17) is 23.2 Å². The van der Waals surface area contributed by atoms with E-state index in [1.807, 2.05) is 19.1 Å². The molecule has 2 N–H and O–H groups in total. The normalized spacial score (nSPS) is 10.6. The summed E-state index contributed by atoms with van der Waals surface area (Å²) in [5.74, 6) is -0.793. The molecule has 0 bridgehead atoms. The average Bonchev–Trinajstić information content (AvgIpc) is 2.56. The summed E-state index contributed by atoms with van der Waals surface area (Å²) >= 11 is 12.0. The first-order chi connectivity index (χ1) is 11.5. The van der Waals surface area contributed by atoms with Gasteiger partial charge in [-0.1, -0.05) is 47.0 Å². The Labute approximate surface area is 149 Å². The third-order valence-corrected chi connectivity index (χ3v) is 3.77. The van der Waals surface area contributed by atoms with Gasteiger partial charge < -0.3 is 5.32 Å². The van der Waals surface area contributed by atoms with Crippen LogP contribution in [0.3, 0.4) is 0 Å². The number of amides is 2. The molecule has 7 heteroatoms. The molecule has 0 saturated carbocycles. The van der Waals surface area contributed by atoms with E-state index >= 15 is 0 Å². The topological polar surface area (TPSA) is 70.6 Å². The highest BCUT2D eigenvalue weighted by Crippen LogP contribution is 2.21. The maximum atomic E-state index is 11.9. The Morgan fingerprint density at radius 1 is 1.08 bits per heavy atom. The summed E-state index contributed by atoms with van der Waals surface area (Å²) in [7, 11) is 0. The van der Waals surface area contributed by atoms with Crippen molar-refractivity contribution in [2.24, 2.45) is 5.10 Å². The van der Waals surface area contributed by atoms with Crippen LogP contribution in [0.5, 0.6) is 0 Å². The van der Waals surface area contributed by atoms with E-state index in [9.17, 15) is 9.59 Å². The molecule has 0 aliphatic rings. The summed E-state index contributed by atoms with van der Waals surface area (Å²) in [6, 6.07) is 12.1. The zero-order chi connectivity index (χ0) is 17.5. The number of carbonyl (C=O) groups is 2. The minimum Gasteiger partial charge on any atom is -0.343 e. The minimum absolute atomic E-state index is 0.194. The van der Waals surface area contributed by atoms with Gasteiger partial charge in [-0.2, -0.15) is 5.10 Å². The fraction of sp³-hybridized carbons (Fsp3) is 0.118. The first kappa shape index (κ1) is 18.0. The third-order valence-electron chi connectivity index (χ3n) is 3.11. The lowest BCUT2D eigenvalue weighted by Gasteiger charge is -2.05. The molecule has 0 aliphatic heterocycles. The molecule has 5 nitrogen and oxygen atoms in total. The molecule has 2 aromatic rings. The summed E-state index contributed by atoms with van der Waals surface area (Å²) < 4.78 is 0. The number of halogens is 2. The van der Waals surface area contributed by atoms with Gasteiger partial charge in [-0.15, -0.1) is 0 Å². The van der Waals surface area contributed by atoms with Gasteiger partial charge in [-0.25, -0.2) is 5.43 Å². The maximum absolute atomic E-state index is 11.9. The molecule has 24 heavy (non-hydrogen) atoms. The molecular weight excluding hydrogens is 349 g/mol. The molecular formula is C17H15Cl2N3O2. The van der Waals surface area contributed by atoms with Crippen LogP contribution in [0.15, 0.2) is 47.6 Å². The van der Waals surface area contributed by atoms with E-state index < -0.39 is 5.91 Å². The molecule has 0 radical (unpaired) electrons. The Bertz CT molecular complexity index is 754. The van der Waals surface area contributed by atoms with E-state index in [1.165, 1.54) is 6.21 Å². The fourth-order valence-electron chi connectivity index (χ4n) is 1.81. The van der Waals surface area contributed by atoms with E-state index in [2.05, 4.69) is 15.8 Å². The van der Waals surface area contributed by atoms with Crippen molar-refractivity contribution < 1.29 is 9.59 Å². The highest BCUT2D eigenvalue weighted by molar-refractivity contribution is 6.38. The molecule has 0 aliphatic carbocycles. The third kappa shape index (κ3) is 5.08. The molecule has 124 valence electrons. The van der Waals surface area contributed by atoms with Crippen molar-refractivity contribution in [3.05, 3.63) is 69.2 Å². The Morgan fingerprint density at radius 3 is 2.33 bits per heavy atom. The number of benzene rings is 2. The quantitative estimate of drug-likeness (QED) is 0.632. The van der Waals surface area contributed by atoms with Gasteiger partial charge in [-0.3, -0.25) is 9.59 Å². The predicted octanol–water partition coefficient (Wildman–Crippen LogP) is 3.18. The van der Waals surface area contributed by atoms with Gasteiger partial charge in [0.2, 0.25) is 0 Å². The van der Waals surface area contributed by atoms with Crippen molar-refractivity contribution >= 4 is 41.2 Å². The van der Waals surface area contributed by atoms with Gasteiger partial charge >= 0.3 is 0 Å². The van der Waals surface area contributed by atoms with E-state index in [0.29, 0.717) is 21.2 Å². The van der Waals surface area contributed by atoms with Crippen molar-refractivity contribution in [1.29, 1.82) is 0 Å².